The van der Waals surface area contributed by atoms with Crippen LogP contribution in [0.5, 0.6) is 5.75 Å². The van der Waals surface area contributed by atoms with Crippen LogP contribution in [0.15, 0.2) is 52.3 Å². The van der Waals surface area contributed by atoms with Crippen molar-refractivity contribution in [1.29, 1.82) is 0 Å². The molecule has 0 amide bonds. The zero-order chi connectivity index (χ0) is 12.3. The molecule has 1 nitrogen and oxygen atoms in total. The van der Waals surface area contributed by atoms with Crippen molar-refractivity contribution in [3.63, 3.8) is 0 Å². The molecule has 0 aliphatic heterocycles. The van der Waals surface area contributed by atoms with Crippen molar-refractivity contribution in [3.05, 3.63) is 53.6 Å². The van der Waals surface area contributed by atoms with Gasteiger partial charge in [-0.05, 0) is 49.2 Å². The minimum atomic E-state index is 0.958. The molecule has 0 saturated carbocycles. The first kappa shape index (κ1) is 12.1. The lowest BCUT2D eigenvalue weighted by Crippen LogP contribution is -1.91. The van der Waals surface area contributed by atoms with E-state index in [1.54, 1.807) is 18.9 Å². The molecule has 2 rings (SSSR count). The molecule has 0 aromatic heterocycles. The highest BCUT2D eigenvalue weighted by Gasteiger charge is 2.07. The fraction of sp³-hybridized carbons (Fsp3) is 0.200. The third kappa shape index (κ3) is 2.64. The average Bonchev–Trinajstić information content (AvgIpc) is 2.37. The second-order valence-corrected chi connectivity index (χ2v) is 5.05. The Morgan fingerprint density at radius 3 is 2.24 bits per heavy atom. The minimum absolute atomic E-state index is 0.958. The smallest absolute Gasteiger partial charge is 0.122 e. The van der Waals surface area contributed by atoms with Gasteiger partial charge in [0.2, 0.25) is 0 Å². The molecule has 0 spiro atoms. The van der Waals surface area contributed by atoms with Crippen LogP contribution in [0.1, 0.15) is 11.1 Å². The Bertz CT molecular complexity index is 506. The van der Waals surface area contributed by atoms with Gasteiger partial charge in [0, 0.05) is 9.79 Å². The van der Waals surface area contributed by atoms with E-state index >= 15 is 0 Å². The monoisotopic (exact) mass is 244 g/mol. The van der Waals surface area contributed by atoms with Crippen LogP contribution >= 0.6 is 11.8 Å². The lowest BCUT2D eigenvalue weighted by atomic mass is 10.1. The molecule has 0 fully saturated rings. The van der Waals surface area contributed by atoms with Crippen molar-refractivity contribution in [2.24, 2.45) is 0 Å². The summed E-state index contributed by atoms with van der Waals surface area (Å²) in [6.45, 7) is 4.24. The van der Waals surface area contributed by atoms with Gasteiger partial charge in [0.25, 0.3) is 0 Å². The number of rotatable bonds is 3. The van der Waals surface area contributed by atoms with Gasteiger partial charge in [-0.3, -0.25) is 0 Å². The standard InChI is InChI=1S/C15H16OS/c1-11-12(2)15(10-9-14(11)16-3)17-13-7-5-4-6-8-13/h4-10H,1-3H3. The lowest BCUT2D eigenvalue weighted by Gasteiger charge is -2.12. The fourth-order valence-electron chi connectivity index (χ4n) is 1.72. The SMILES string of the molecule is COc1ccc(Sc2ccccc2)c(C)c1C. The van der Waals surface area contributed by atoms with Gasteiger partial charge < -0.3 is 4.74 Å². The van der Waals surface area contributed by atoms with Gasteiger partial charge in [-0.15, -0.1) is 0 Å². The van der Waals surface area contributed by atoms with Crippen LogP contribution in [0.25, 0.3) is 0 Å². The molecule has 0 aliphatic rings. The van der Waals surface area contributed by atoms with Crippen molar-refractivity contribution in [3.8, 4) is 5.75 Å². The fourth-order valence-corrected chi connectivity index (χ4v) is 2.71. The largest absolute Gasteiger partial charge is 0.496 e. The van der Waals surface area contributed by atoms with Crippen molar-refractivity contribution in [1.82, 2.24) is 0 Å². The summed E-state index contributed by atoms with van der Waals surface area (Å²) in [4.78, 5) is 2.55. The minimum Gasteiger partial charge on any atom is -0.496 e. The summed E-state index contributed by atoms with van der Waals surface area (Å²) in [5.41, 5.74) is 2.51. The molecule has 0 heterocycles. The van der Waals surface area contributed by atoms with Crippen molar-refractivity contribution in [2.75, 3.05) is 7.11 Å². The first-order valence-electron chi connectivity index (χ1n) is 5.59. The molecular weight excluding hydrogens is 228 g/mol. The average molecular weight is 244 g/mol. The Hall–Kier alpha value is -1.41. The normalized spacial score (nSPS) is 10.3. The molecule has 0 aliphatic carbocycles. The summed E-state index contributed by atoms with van der Waals surface area (Å²) in [6.07, 6.45) is 0. The predicted molar refractivity (Wildman–Crippen MR) is 73.0 cm³/mol. The third-order valence-electron chi connectivity index (χ3n) is 2.88. The molecule has 0 atom stereocenters. The van der Waals surface area contributed by atoms with Crippen molar-refractivity contribution >= 4 is 11.8 Å². The zero-order valence-electron chi connectivity index (χ0n) is 10.4. The molecule has 88 valence electrons. The number of hydrogen-bond donors (Lipinski definition) is 0. The van der Waals surface area contributed by atoms with E-state index in [0.29, 0.717) is 0 Å². The number of ether oxygens (including phenoxy) is 1. The summed E-state index contributed by atoms with van der Waals surface area (Å²) in [7, 11) is 1.71. The second kappa shape index (κ2) is 5.28. The van der Waals surface area contributed by atoms with Gasteiger partial charge in [0.1, 0.15) is 5.75 Å². The maximum atomic E-state index is 5.32. The van der Waals surface area contributed by atoms with Crippen molar-refractivity contribution < 1.29 is 4.74 Å². The van der Waals surface area contributed by atoms with E-state index in [9.17, 15) is 0 Å². The van der Waals surface area contributed by atoms with E-state index < -0.39 is 0 Å². The van der Waals surface area contributed by atoms with Crippen molar-refractivity contribution in [2.45, 2.75) is 23.6 Å². The second-order valence-electron chi connectivity index (χ2n) is 3.93. The van der Waals surface area contributed by atoms with Crippen LogP contribution in [0.3, 0.4) is 0 Å². The summed E-state index contributed by atoms with van der Waals surface area (Å²) >= 11 is 1.79. The molecular formula is C15H16OS. The van der Waals surface area contributed by atoms with E-state index in [0.717, 1.165) is 5.75 Å². The van der Waals surface area contributed by atoms with E-state index in [4.69, 9.17) is 4.74 Å². The van der Waals surface area contributed by atoms with Gasteiger partial charge in [0.05, 0.1) is 7.11 Å². The first-order valence-corrected chi connectivity index (χ1v) is 6.41. The summed E-state index contributed by atoms with van der Waals surface area (Å²) in [6, 6.07) is 14.6. The van der Waals surface area contributed by atoms with Crippen LogP contribution in [0, 0.1) is 13.8 Å². The Kier molecular flexibility index (Phi) is 3.75. The molecule has 0 bridgehead atoms. The van der Waals surface area contributed by atoms with Crippen LogP contribution in [-0.2, 0) is 0 Å². The summed E-state index contributed by atoms with van der Waals surface area (Å²) in [5, 5.41) is 0. The maximum Gasteiger partial charge on any atom is 0.122 e. The van der Waals surface area contributed by atoms with Gasteiger partial charge >= 0.3 is 0 Å². The number of methoxy groups -OCH3 is 1. The molecule has 2 aromatic carbocycles. The summed E-state index contributed by atoms with van der Waals surface area (Å²) in [5.74, 6) is 0.958. The molecule has 17 heavy (non-hydrogen) atoms. The summed E-state index contributed by atoms with van der Waals surface area (Å²) < 4.78 is 5.32. The Balaban J connectivity index is 2.32. The molecule has 2 heteroatoms. The third-order valence-corrected chi connectivity index (χ3v) is 4.05. The molecule has 0 saturated heterocycles. The Labute approximate surface area is 107 Å². The van der Waals surface area contributed by atoms with Gasteiger partial charge in [-0.25, -0.2) is 0 Å². The predicted octanol–water partition coefficient (Wildman–Crippen LogP) is 4.46. The zero-order valence-corrected chi connectivity index (χ0v) is 11.2. The molecule has 0 unspecified atom stereocenters. The molecule has 2 aromatic rings. The number of hydrogen-bond acceptors (Lipinski definition) is 2. The maximum absolute atomic E-state index is 5.32. The van der Waals surface area contributed by atoms with Gasteiger partial charge in [-0.1, -0.05) is 30.0 Å². The van der Waals surface area contributed by atoms with E-state index in [1.807, 2.05) is 12.1 Å². The highest BCUT2D eigenvalue weighted by molar-refractivity contribution is 7.99. The van der Waals surface area contributed by atoms with Crippen LogP contribution in [-0.4, -0.2) is 7.11 Å². The highest BCUT2D eigenvalue weighted by atomic mass is 32.2. The van der Waals surface area contributed by atoms with Gasteiger partial charge in [0.15, 0.2) is 0 Å². The van der Waals surface area contributed by atoms with Gasteiger partial charge in [-0.2, -0.15) is 0 Å². The Morgan fingerprint density at radius 2 is 1.59 bits per heavy atom. The van der Waals surface area contributed by atoms with E-state index in [-0.39, 0.29) is 0 Å². The van der Waals surface area contributed by atoms with Crippen LogP contribution in [0.2, 0.25) is 0 Å². The van der Waals surface area contributed by atoms with Crippen LogP contribution < -0.4 is 4.74 Å². The highest BCUT2D eigenvalue weighted by Crippen LogP contribution is 2.34. The quantitative estimate of drug-likeness (QED) is 0.788. The lowest BCUT2D eigenvalue weighted by molar-refractivity contribution is 0.411. The topological polar surface area (TPSA) is 9.23 Å². The molecule has 0 N–H and O–H groups in total. The van der Waals surface area contributed by atoms with E-state index in [1.165, 1.54) is 20.9 Å². The number of benzene rings is 2. The van der Waals surface area contributed by atoms with E-state index in [2.05, 4.69) is 44.2 Å². The van der Waals surface area contributed by atoms with Crippen LogP contribution in [0.4, 0.5) is 0 Å². The molecule has 0 radical (unpaired) electrons. The first-order chi connectivity index (χ1) is 8.22. The Morgan fingerprint density at radius 1 is 0.882 bits per heavy atom.